The lowest BCUT2D eigenvalue weighted by atomic mass is 10.1. The van der Waals surface area contributed by atoms with E-state index < -0.39 is 0 Å². The Morgan fingerprint density at radius 3 is 2.89 bits per heavy atom. The van der Waals surface area contributed by atoms with Crippen molar-refractivity contribution in [1.82, 2.24) is 5.32 Å². The van der Waals surface area contributed by atoms with Crippen LogP contribution in [0.25, 0.3) is 0 Å². The van der Waals surface area contributed by atoms with Gasteiger partial charge in [0.2, 0.25) is 5.91 Å². The molecule has 0 spiro atoms. The van der Waals surface area contributed by atoms with Crippen molar-refractivity contribution in [1.29, 1.82) is 0 Å². The van der Waals surface area contributed by atoms with Crippen LogP contribution in [0.5, 0.6) is 0 Å². The zero-order valence-electron chi connectivity index (χ0n) is 11.3. The smallest absolute Gasteiger partial charge is 0.231 e. The van der Waals surface area contributed by atoms with E-state index in [1.807, 2.05) is 13.1 Å². The van der Waals surface area contributed by atoms with E-state index in [4.69, 9.17) is 0 Å². The molecule has 1 amide bonds. The van der Waals surface area contributed by atoms with Crippen LogP contribution in [0.4, 0.5) is 5.69 Å². The highest BCUT2D eigenvalue weighted by atomic mass is 16.3. The van der Waals surface area contributed by atoms with Crippen molar-refractivity contribution in [3.05, 3.63) is 29.3 Å². The van der Waals surface area contributed by atoms with Gasteiger partial charge in [-0.05, 0) is 30.0 Å². The monoisotopic (exact) mass is 260 g/mol. The van der Waals surface area contributed by atoms with E-state index in [0.717, 1.165) is 37.2 Å². The SMILES string of the molecule is CN1C(=O)Cc2cc(CNCC3(CO)CC3)ccc21. The molecule has 2 N–H and O–H groups in total. The third-order valence-corrected chi connectivity index (χ3v) is 4.34. The minimum atomic E-state index is 0.146. The molecule has 0 unspecified atom stereocenters. The third kappa shape index (κ3) is 2.38. The molecule has 1 aromatic rings. The largest absolute Gasteiger partial charge is 0.396 e. The third-order valence-electron chi connectivity index (χ3n) is 4.34. The number of anilines is 1. The summed E-state index contributed by atoms with van der Waals surface area (Å²) in [6, 6.07) is 6.21. The number of aliphatic hydroxyl groups is 1. The van der Waals surface area contributed by atoms with E-state index in [9.17, 15) is 9.90 Å². The van der Waals surface area contributed by atoms with Gasteiger partial charge in [-0.15, -0.1) is 0 Å². The zero-order valence-corrected chi connectivity index (χ0v) is 11.3. The molecule has 1 aliphatic heterocycles. The van der Waals surface area contributed by atoms with E-state index >= 15 is 0 Å². The van der Waals surface area contributed by atoms with Gasteiger partial charge in [0.05, 0.1) is 6.42 Å². The lowest BCUT2D eigenvalue weighted by Gasteiger charge is -2.14. The first kappa shape index (κ1) is 12.6. The summed E-state index contributed by atoms with van der Waals surface area (Å²) >= 11 is 0. The molecule has 4 heteroatoms. The van der Waals surface area contributed by atoms with Crippen molar-refractivity contribution in [2.24, 2.45) is 5.41 Å². The normalized spacial score (nSPS) is 19.7. The van der Waals surface area contributed by atoms with Crippen LogP contribution in [0.15, 0.2) is 18.2 Å². The number of amides is 1. The number of aliphatic hydroxyl groups excluding tert-OH is 1. The van der Waals surface area contributed by atoms with E-state index in [0.29, 0.717) is 6.42 Å². The molecule has 0 saturated heterocycles. The Kier molecular flexibility index (Phi) is 3.07. The van der Waals surface area contributed by atoms with Gasteiger partial charge in [-0.2, -0.15) is 0 Å². The maximum Gasteiger partial charge on any atom is 0.231 e. The van der Waals surface area contributed by atoms with Gasteiger partial charge in [0.25, 0.3) is 0 Å². The molecule has 0 aromatic heterocycles. The molecule has 1 fully saturated rings. The van der Waals surface area contributed by atoms with E-state index in [1.165, 1.54) is 5.56 Å². The summed E-state index contributed by atoms with van der Waals surface area (Å²) in [4.78, 5) is 13.3. The van der Waals surface area contributed by atoms with E-state index in [1.54, 1.807) is 4.90 Å². The molecular weight excluding hydrogens is 240 g/mol. The minimum absolute atomic E-state index is 0.146. The predicted molar refractivity (Wildman–Crippen MR) is 74.0 cm³/mol. The van der Waals surface area contributed by atoms with Crippen molar-refractivity contribution in [2.75, 3.05) is 25.1 Å². The van der Waals surface area contributed by atoms with Crippen LogP contribution in [-0.4, -0.2) is 31.2 Å². The van der Waals surface area contributed by atoms with Crippen molar-refractivity contribution in [3.63, 3.8) is 0 Å². The van der Waals surface area contributed by atoms with Gasteiger partial charge >= 0.3 is 0 Å². The standard InChI is InChI=1S/C15H20N2O2/c1-17-13-3-2-11(6-12(13)7-14(17)19)8-16-9-15(10-18)4-5-15/h2-3,6,16,18H,4-5,7-10H2,1H3. The highest BCUT2D eigenvalue weighted by molar-refractivity contribution is 6.00. The summed E-state index contributed by atoms with van der Waals surface area (Å²) in [5, 5.41) is 12.7. The van der Waals surface area contributed by atoms with Gasteiger partial charge in [-0.1, -0.05) is 12.1 Å². The quantitative estimate of drug-likeness (QED) is 0.832. The zero-order chi connectivity index (χ0) is 13.5. The molecule has 102 valence electrons. The number of fused-ring (bicyclic) bond motifs is 1. The summed E-state index contributed by atoms with van der Waals surface area (Å²) in [5.41, 5.74) is 3.50. The van der Waals surface area contributed by atoms with Crippen LogP contribution in [0.3, 0.4) is 0 Å². The molecule has 0 bridgehead atoms. The van der Waals surface area contributed by atoms with Crippen LogP contribution >= 0.6 is 0 Å². The number of nitrogens with zero attached hydrogens (tertiary/aromatic N) is 1. The average Bonchev–Trinajstić information content (AvgIpc) is 3.13. The number of nitrogens with one attached hydrogen (secondary N) is 1. The molecule has 4 nitrogen and oxygen atoms in total. The molecule has 0 atom stereocenters. The first-order valence-corrected chi connectivity index (χ1v) is 6.83. The second-order valence-corrected chi connectivity index (χ2v) is 5.85. The molecule has 0 radical (unpaired) electrons. The number of rotatable bonds is 5. The van der Waals surface area contributed by atoms with E-state index in [-0.39, 0.29) is 17.9 Å². The molecule has 1 heterocycles. The molecule has 2 aliphatic rings. The number of hydrogen-bond acceptors (Lipinski definition) is 3. The fraction of sp³-hybridized carbons (Fsp3) is 0.533. The Labute approximate surface area is 113 Å². The first-order chi connectivity index (χ1) is 9.13. The first-order valence-electron chi connectivity index (χ1n) is 6.83. The molecule has 3 rings (SSSR count). The van der Waals surface area contributed by atoms with Crippen molar-refractivity contribution >= 4 is 11.6 Å². The molecular formula is C15H20N2O2. The number of likely N-dealkylation sites (N-methyl/N-ethyl adjacent to an activating group) is 1. The lowest BCUT2D eigenvalue weighted by molar-refractivity contribution is -0.117. The molecule has 1 aliphatic carbocycles. The Bertz CT molecular complexity index is 509. The van der Waals surface area contributed by atoms with Crippen molar-refractivity contribution < 1.29 is 9.90 Å². The minimum Gasteiger partial charge on any atom is -0.396 e. The summed E-state index contributed by atoms with van der Waals surface area (Å²) in [6.07, 6.45) is 2.76. The summed E-state index contributed by atoms with van der Waals surface area (Å²) in [7, 11) is 1.82. The Morgan fingerprint density at radius 1 is 1.42 bits per heavy atom. The summed E-state index contributed by atoms with van der Waals surface area (Å²) < 4.78 is 0. The van der Waals surface area contributed by atoms with Gasteiger partial charge < -0.3 is 15.3 Å². The number of benzene rings is 1. The van der Waals surface area contributed by atoms with Crippen molar-refractivity contribution in [2.45, 2.75) is 25.8 Å². The number of carbonyl (C=O) groups is 1. The predicted octanol–water partition coefficient (Wildman–Crippen LogP) is 1.07. The number of carbonyl (C=O) groups excluding carboxylic acids is 1. The highest BCUT2D eigenvalue weighted by Crippen LogP contribution is 2.44. The molecule has 19 heavy (non-hydrogen) atoms. The maximum absolute atomic E-state index is 11.6. The fourth-order valence-corrected chi connectivity index (χ4v) is 2.67. The van der Waals surface area contributed by atoms with Gasteiger partial charge in [0.1, 0.15) is 0 Å². The number of hydrogen-bond donors (Lipinski definition) is 2. The lowest BCUT2D eigenvalue weighted by Crippen LogP contribution is -2.26. The topological polar surface area (TPSA) is 52.6 Å². The van der Waals surface area contributed by atoms with Crippen LogP contribution in [0.1, 0.15) is 24.0 Å². The Balaban J connectivity index is 1.61. The van der Waals surface area contributed by atoms with Crippen LogP contribution < -0.4 is 10.2 Å². The van der Waals surface area contributed by atoms with E-state index in [2.05, 4.69) is 17.4 Å². The van der Waals surface area contributed by atoms with Crippen LogP contribution in [0.2, 0.25) is 0 Å². The van der Waals surface area contributed by atoms with Gasteiger partial charge in [0, 0.05) is 37.8 Å². The Hall–Kier alpha value is -1.39. The fourth-order valence-electron chi connectivity index (χ4n) is 2.67. The maximum atomic E-state index is 11.6. The second-order valence-electron chi connectivity index (χ2n) is 5.85. The Morgan fingerprint density at radius 2 is 2.21 bits per heavy atom. The van der Waals surface area contributed by atoms with Gasteiger partial charge in [-0.25, -0.2) is 0 Å². The molecule has 1 saturated carbocycles. The van der Waals surface area contributed by atoms with Crippen LogP contribution in [-0.2, 0) is 17.8 Å². The highest BCUT2D eigenvalue weighted by Gasteiger charge is 2.41. The summed E-state index contributed by atoms with van der Waals surface area (Å²) in [5.74, 6) is 0.164. The second kappa shape index (κ2) is 4.62. The average molecular weight is 260 g/mol. The van der Waals surface area contributed by atoms with Gasteiger partial charge in [-0.3, -0.25) is 4.79 Å². The molecule has 1 aromatic carbocycles. The summed E-state index contributed by atoms with van der Waals surface area (Å²) in [6.45, 7) is 1.95. The van der Waals surface area contributed by atoms with Gasteiger partial charge in [0.15, 0.2) is 0 Å². The van der Waals surface area contributed by atoms with Crippen LogP contribution in [0, 0.1) is 5.41 Å². The van der Waals surface area contributed by atoms with Crippen molar-refractivity contribution in [3.8, 4) is 0 Å².